The third-order valence-electron chi connectivity index (χ3n) is 14.5. The molecule has 11 rings (SSSR count). The Balaban J connectivity index is 0.00000786. The number of nitrogens with two attached hydrogens (primary N) is 1. The van der Waals surface area contributed by atoms with Crippen molar-refractivity contribution in [2.45, 2.75) is 35.7 Å². The third-order valence-corrected chi connectivity index (χ3v) is 16.6. The SMILES string of the molecule is COc1ccc(COC(=O)C2=C(/C=C/C[n+]3ccc(C(N)=O)cc3)CS[C@H]3[C@H](NC(=O)C(=NOC(c4ccccc4)(c4ccccc4)c4ccccc4)c4csc(NC(c5ccccc5)(c5ccccc5)c5ccccc5)n4)C(=O)N23)cc1.[I-]. The van der Waals surface area contributed by atoms with Crippen LogP contribution in [0.25, 0.3) is 0 Å². The highest BCUT2D eigenvalue weighted by molar-refractivity contribution is 8.00. The number of hydrogen-bond donors (Lipinski definition) is 3. The number of pyridine rings is 1. The predicted octanol–water partition coefficient (Wildman–Crippen LogP) is 7.31. The van der Waals surface area contributed by atoms with Crippen LogP contribution in [0.2, 0.25) is 0 Å². The lowest BCUT2D eigenvalue weighted by molar-refractivity contribution is -0.687. The molecular weight excluding hydrogens is 1210 g/mol. The summed E-state index contributed by atoms with van der Waals surface area (Å²) in [6.45, 7) is 0.302. The van der Waals surface area contributed by atoms with E-state index in [1.165, 1.54) is 28.0 Å². The van der Waals surface area contributed by atoms with Crippen LogP contribution in [0.5, 0.6) is 5.75 Å². The summed E-state index contributed by atoms with van der Waals surface area (Å²) in [5.74, 6) is -1.57. The van der Waals surface area contributed by atoms with Crippen molar-refractivity contribution >= 4 is 57.6 Å². The molecule has 2 aliphatic heterocycles. The van der Waals surface area contributed by atoms with Crippen molar-refractivity contribution < 1.29 is 62.0 Å². The van der Waals surface area contributed by atoms with Crippen LogP contribution >= 0.6 is 23.1 Å². The number of rotatable bonds is 21. The number of allylic oxidation sites excluding steroid dienone is 2. The zero-order valence-corrected chi connectivity index (χ0v) is 49.2. The highest BCUT2D eigenvalue weighted by Gasteiger charge is 2.55. The molecule has 4 heterocycles. The van der Waals surface area contributed by atoms with Crippen molar-refractivity contribution in [1.82, 2.24) is 15.2 Å². The van der Waals surface area contributed by atoms with Crippen LogP contribution in [-0.4, -0.2) is 63.6 Å². The van der Waals surface area contributed by atoms with E-state index in [2.05, 4.69) is 47.0 Å². The first-order valence-corrected chi connectivity index (χ1v) is 28.7. The molecule has 9 aromatic rings. The van der Waals surface area contributed by atoms with Crippen molar-refractivity contribution in [2.75, 3.05) is 18.2 Å². The van der Waals surface area contributed by atoms with Crippen LogP contribution in [-0.2, 0) is 48.2 Å². The van der Waals surface area contributed by atoms with Gasteiger partial charge in [-0.05, 0) is 46.0 Å². The molecule has 0 saturated carbocycles. The van der Waals surface area contributed by atoms with E-state index >= 15 is 4.79 Å². The number of amides is 3. The van der Waals surface area contributed by atoms with Gasteiger partial charge in [-0.2, -0.15) is 0 Å². The number of oxime groups is 1. The quantitative estimate of drug-likeness (QED) is 0.0126. The number of thioether (sulfide) groups is 1. The van der Waals surface area contributed by atoms with Gasteiger partial charge in [-0.1, -0.05) is 205 Å². The van der Waals surface area contributed by atoms with E-state index in [-0.39, 0.29) is 47.7 Å². The summed E-state index contributed by atoms with van der Waals surface area (Å²) in [6, 6.07) is 68.7. The molecule has 0 radical (unpaired) electrons. The van der Waals surface area contributed by atoms with Crippen LogP contribution in [0.3, 0.4) is 0 Å². The zero-order chi connectivity index (χ0) is 57.2. The number of methoxy groups -OCH3 is 1. The number of thiazole rings is 1. The molecule has 0 bridgehead atoms. The van der Waals surface area contributed by atoms with Gasteiger partial charge in [0.15, 0.2) is 29.8 Å². The maximum absolute atomic E-state index is 15.5. The number of nitrogens with zero attached hydrogens (tertiary/aromatic N) is 4. The molecule has 1 fully saturated rings. The Bertz CT molecular complexity index is 3650. The average Bonchev–Trinajstić information content (AvgIpc) is 1.73. The lowest BCUT2D eigenvalue weighted by atomic mass is 9.77. The zero-order valence-electron chi connectivity index (χ0n) is 45.4. The van der Waals surface area contributed by atoms with Gasteiger partial charge in [0.2, 0.25) is 11.5 Å². The van der Waals surface area contributed by atoms with Crippen molar-refractivity contribution in [3.05, 3.63) is 310 Å². The largest absolute Gasteiger partial charge is 1.00 e. The summed E-state index contributed by atoms with van der Waals surface area (Å²) in [6.07, 6.45) is 7.09. The maximum Gasteiger partial charge on any atom is 0.355 e. The molecule has 7 aromatic carbocycles. The normalized spacial score (nSPS) is 15.0. The topological polar surface area (TPSA) is 178 Å². The summed E-state index contributed by atoms with van der Waals surface area (Å²) >= 11 is 2.69. The van der Waals surface area contributed by atoms with Gasteiger partial charge in [0, 0.05) is 40.0 Å². The maximum atomic E-state index is 15.5. The van der Waals surface area contributed by atoms with E-state index < -0.39 is 46.2 Å². The van der Waals surface area contributed by atoms with Crippen molar-refractivity contribution in [2.24, 2.45) is 10.9 Å². The van der Waals surface area contributed by atoms with Gasteiger partial charge in [0.05, 0.1) is 12.7 Å². The minimum atomic E-state index is -1.39. The summed E-state index contributed by atoms with van der Waals surface area (Å²) in [4.78, 5) is 69.9. The number of β-lactam (4-membered cyclic amide) rings is 1. The molecule has 17 heteroatoms. The van der Waals surface area contributed by atoms with E-state index in [1.807, 2.05) is 156 Å². The Morgan fingerprint density at radius 1 is 0.714 bits per heavy atom. The number of anilines is 1. The second-order valence-electron chi connectivity index (χ2n) is 19.5. The smallest absolute Gasteiger partial charge is 0.355 e. The van der Waals surface area contributed by atoms with E-state index in [4.69, 9.17) is 30.2 Å². The predicted molar refractivity (Wildman–Crippen MR) is 321 cm³/mol. The summed E-state index contributed by atoms with van der Waals surface area (Å²) in [5, 5.41) is 13.2. The highest BCUT2D eigenvalue weighted by atomic mass is 127. The van der Waals surface area contributed by atoms with Crippen molar-refractivity contribution in [3.8, 4) is 5.75 Å². The number of benzene rings is 7. The van der Waals surface area contributed by atoms with Crippen molar-refractivity contribution in [1.29, 1.82) is 0 Å². The van der Waals surface area contributed by atoms with Gasteiger partial charge in [-0.15, -0.1) is 23.1 Å². The summed E-state index contributed by atoms with van der Waals surface area (Å²) < 4.78 is 13.1. The van der Waals surface area contributed by atoms with Gasteiger partial charge in [0.25, 0.3) is 11.8 Å². The Morgan fingerprint density at radius 2 is 1.21 bits per heavy atom. The molecule has 0 spiro atoms. The fourth-order valence-electron chi connectivity index (χ4n) is 10.3. The van der Waals surface area contributed by atoms with E-state index in [0.29, 0.717) is 39.9 Å². The molecule has 4 N–H and O–H groups in total. The van der Waals surface area contributed by atoms with Gasteiger partial charge in [-0.3, -0.25) is 19.3 Å². The Labute approximate surface area is 511 Å². The van der Waals surface area contributed by atoms with Crippen LogP contribution in [0.1, 0.15) is 55.0 Å². The molecule has 0 unspecified atom stereocenters. The molecular formula is C67H56IN7O7S2. The summed E-state index contributed by atoms with van der Waals surface area (Å²) in [7, 11) is 1.57. The number of primary amides is 1. The number of carbonyl (C=O) groups is 4. The fraction of sp³-hybridized carbons (Fsp3) is 0.119. The molecule has 1 saturated heterocycles. The third kappa shape index (κ3) is 12.0. The second-order valence-corrected chi connectivity index (χ2v) is 21.5. The number of halogens is 1. The Kier molecular flexibility index (Phi) is 18.2. The van der Waals surface area contributed by atoms with E-state index in [1.54, 1.807) is 67.4 Å². The molecule has 3 amide bonds. The number of aromatic nitrogens is 2. The van der Waals surface area contributed by atoms with E-state index in [0.717, 1.165) is 33.4 Å². The van der Waals surface area contributed by atoms with E-state index in [9.17, 15) is 14.4 Å². The van der Waals surface area contributed by atoms with Crippen LogP contribution in [0.4, 0.5) is 5.13 Å². The summed E-state index contributed by atoms with van der Waals surface area (Å²) in [5.41, 5.74) is 9.88. The van der Waals surface area contributed by atoms with Gasteiger partial charge in [0.1, 0.15) is 40.7 Å². The number of nitrogens with one attached hydrogen (secondary N) is 2. The van der Waals surface area contributed by atoms with Crippen LogP contribution in [0, 0.1) is 0 Å². The molecule has 0 aliphatic carbocycles. The first kappa shape index (κ1) is 58.0. The lowest BCUT2D eigenvalue weighted by Gasteiger charge is -2.49. The lowest BCUT2D eigenvalue weighted by Crippen LogP contribution is -3.00. The molecule has 420 valence electrons. The minimum absolute atomic E-state index is 0. The standard InChI is InChI=1S/C67H55N7O7S2.HI/c1-79-55-36-34-46(35-37-55)43-80-64(78)59-48(21-20-40-73-41-38-47(39-42-73)60(68)75)44-82-63-58(62(77)74(59)63)70-61(76)57(72-81-67(52-28-14-5-15-29-52,53-30-16-6-17-31-53)54-32-18-7-19-33-54)56-45-83-65(69-56)71-66(49-22-8-2-9-23-49,50-24-10-3-11-25-50)51-26-12-4-13-27-51;/h2-39,41-42,45,58,63H,40,43-44H2,1H3,(H3-,68,69,70,71,75,76);1H/b21-20+,72-57?;/t58-,63+;/m1./s1. The number of ether oxygens (including phenoxy) is 2. The minimum Gasteiger partial charge on any atom is -1.00 e. The first-order chi connectivity index (χ1) is 40.7. The number of carbonyl (C=O) groups excluding carboxylic acids is 4. The van der Waals surface area contributed by atoms with Gasteiger partial charge < -0.3 is 54.7 Å². The molecule has 84 heavy (non-hydrogen) atoms. The van der Waals surface area contributed by atoms with Crippen LogP contribution in [0.15, 0.2) is 265 Å². The number of hydrogen-bond acceptors (Lipinski definition) is 12. The second kappa shape index (κ2) is 26.4. The Morgan fingerprint density at radius 3 is 1.70 bits per heavy atom. The average molecular weight is 1260 g/mol. The molecule has 2 aromatic heterocycles. The highest BCUT2D eigenvalue weighted by Crippen LogP contribution is 2.44. The first-order valence-electron chi connectivity index (χ1n) is 26.7. The molecule has 2 aliphatic rings. The molecule has 2 atom stereocenters. The Hall–Kier alpha value is -9.17. The molecule has 14 nitrogen and oxygen atoms in total. The monoisotopic (exact) mass is 1260 g/mol. The van der Waals surface area contributed by atoms with Crippen molar-refractivity contribution in [3.63, 3.8) is 0 Å². The van der Waals surface area contributed by atoms with Crippen LogP contribution < -0.4 is 49.6 Å². The fourth-order valence-corrected chi connectivity index (χ4v) is 12.4. The number of esters is 1. The van der Waals surface area contributed by atoms with Gasteiger partial charge >= 0.3 is 5.97 Å². The number of fused-ring (bicyclic) bond motifs is 1. The van der Waals surface area contributed by atoms with Gasteiger partial charge in [-0.25, -0.2) is 14.3 Å².